The molecule has 4 nitrogen and oxygen atoms in total. The van der Waals surface area contributed by atoms with Crippen molar-refractivity contribution < 1.29 is 4.79 Å². The van der Waals surface area contributed by atoms with E-state index in [0.29, 0.717) is 0 Å². The first kappa shape index (κ1) is 15.0. The number of halogens is 2. The molecule has 1 N–H and O–H groups in total. The summed E-state index contributed by atoms with van der Waals surface area (Å²) in [7, 11) is 0. The topological polar surface area (TPSA) is 54.4 Å². The zero-order valence-corrected chi connectivity index (χ0v) is 12.7. The lowest BCUT2D eigenvalue weighted by Crippen LogP contribution is -2.21. The van der Waals surface area contributed by atoms with Crippen LogP contribution in [0.5, 0.6) is 0 Å². The average Bonchev–Trinajstić information content (AvgIpc) is 2.91. The van der Waals surface area contributed by atoms with E-state index in [1.165, 1.54) is 0 Å². The van der Waals surface area contributed by atoms with Crippen LogP contribution in [-0.2, 0) is 4.79 Å². The number of pyridine rings is 1. The summed E-state index contributed by atoms with van der Waals surface area (Å²) in [6, 6.07) is 3.65. The van der Waals surface area contributed by atoms with E-state index in [0.717, 1.165) is 5.56 Å². The first-order chi connectivity index (χ1) is 9.43. The minimum absolute atomic E-state index is 0.0427. The van der Waals surface area contributed by atoms with Crippen molar-refractivity contribution in [3.63, 3.8) is 0 Å². The van der Waals surface area contributed by atoms with Gasteiger partial charge in [-0.3, -0.25) is 9.78 Å². The number of allylic oxidation sites excluding steroid dienone is 1. The monoisotopic (exact) mass is 311 g/mol. The third kappa shape index (κ3) is 3.38. The second-order valence-electron chi connectivity index (χ2n) is 5.30. The molecule has 1 aromatic rings. The normalized spacial score (nSPS) is 23.4. The minimum atomic E-state index is -0.166. The van der Waals surface area contributed by atoms with E-state index in [1.807, 2.05) is 19.9 Å². The highest BCUT2D eigenvalue weighted by Gasteiger charge is 2.60. The summed E-state index contributed by atoms with van der Waals surface area (Å²) >= 11 is 11.3. The maximum absolute atomic E-state index is 12.0. The van der Waals surface area contributed by atoms with Crippen LogP contribution in [0.25, 0.3) is 0 Å². The summed E-state index contributed by atoms with van der Waals surface area (Å²) in [6.45, 7) is 4.00. The largest absolute Gasteiger partial charge is 0.273 e. The third-order valence-corrected chi connectivity index (χ3v) is 3.82. The van der Waals surface area contributed by atoms with Crippen molar-refractivity contribution in [2.75, 3.05) is 0 Å². The van der Waals surface area contributed by atoms with Gasteiger partial charge in [0.1, 0.15) is 4.49 Å². The molecular formula is C14H15Cl2N3O. The molecule has 1 saturated carbocycles. The van der Waals surface area contributed by atoms with Crippen molar-refractivity contribution in [2.45, 2.75) is 13.8 Å². The van der Waals surface area contributed by atoms with Crippen LogP contribution in [0.2, 0.25) is 0 Å². The van der Waals surface area contributed by atoms with Gasteiger partial charge in [0.15, 0.2) is 0 Å². The van der Waals surface area contributed by atoms with E-state index >= 15 is 0 Å². The molecule has 1 fully saturated rings. The standard InChI is InChI=1S/C14H15Cl2N3O/c1-14(2)10(6-11(15)16)12(14)13(20)19-18-8-9-4-3-5-17-7-9/h3-8,10,12H,1-2H3,(H,19,20). The Morgan fingerprint density at radius 1 is 1.50 bits per heavy atom. The Bertz CT molecular complexity index is 551. The Kier molecular flexibility index (Phi) is 4.45. The smallest absolute Gasteiger partial charge is 0.244 e. The van der Waals surface area contributed by atoms with Gasteiger partial charge in [0, 0.05) is 18.0 Å². The molecule has 106 valence electrons. The molecule has 0 spiro atoms. The molecule has 0 radical (unpaired) electrons. The summed E-state index contributed by atoms with van der Waals surface area (Å²) in [5, 5.41) is 3.93. The Balaban J connectivity index is 1.94. The Hall–Kier alpha value is -1.39. The first-order valence-electron chi connectivity index (χ1n) is 6.18. The van der Waals surface area contributed by atoms with E-state index in [4.69, 9.17) is 23.2 Å². The van der Waals surface area contributed by atoms with Crippen LogP contribution >= 0.6 is 23.2 Å². The number of aromatic nitrogens is 1. The van der Waals surface area contributed by atoms with Gasteiger partial charge in [-0.1, -0.05) is 43.1 Å². The summed E-state index contributed by atoms with van der Waals surface area (Å²) < 4.78 is 0.192. The molecule has 1 amide bonds. The van der Waals surface area contributed by atoms with Gasteiger partial charge in [0.2, 0.25) is 5.91 Å². The van der Waals surface area contributed by atoms with Crippen molar-refractivity contribution in [3.05, 3.63) is 40.7 Å². The number of hydrogen-bond acceptors (Lipinski definition) is 3. The summed E-state index contributed by atoms with van der Waals surface area (Å²) in [5.74, 6) is -0.256. The molecule has 6 heteroatoms. The van der Waals surface area contributed by atoms with Crippen molar-refractivity contribution >= 4 is 35.3 Å². The maximum Gasteiger partial charge on any atom is 0.244 e. The highest BCUT2D eigenvalue weighted by Crippen LogP contribution is 2.59. The highest BCUT2D eigenvalue weighted by molar-refractivity contribution is 6.55. The summed E-state index contributed by atoms with van der Waals surface area (Å²) in [5.41, 5.74) is 3.21. The number of amides is 1. The van der Waals surface area contributed by atoms with Gasteiger partial charge in [-0.25, -0.2) is 5.43 Å². The Morgan fingerprint density at radius 2 is 2.25 bits per heavy atom. The number of nitrogens with one attached hydrogen (secondary N) is 1. The van der Waals surface area contributed by atoms with E-state index in [-0.39, 0.29) is 27.6 Å². The number of hydrogen-bond donors (Lipinski definition) is 1. The third-order valence-electron chi connectivity index (χ3n) is 3.57. The average molecular weight is 312 g/mol. The predicted molar refractivity (Wildman–Crippen MR) is 80.5 cm³/mol. The number of carbonyl (C=O) groups is 1. The predicted octanol–water partition coefficient (Wildman–Crippen LogP) is 3.12. The first-order valence-corrected chi connectivity index (χ1v) is 6.94. The molecule has 1 aromatic heterocycles. The molecule has 0 aromatic carbocycles. The fourth-order valence-electron chi connectivity index (χ4n) is 2.32. The van der Waals surface area contributed by atoms with Crippen LogP contribution in [-0.4, -0.2) is 17.1 Å². The van der Waals surface area contributed by atoms with Crippen molar-refractivity contribution in [1.82, 2.24) is 10.4 Å². The van der Waals surface area contributed by atoms with Crippen molar-refractivity contribution in [1.29, 1.82) is 0 Å². The quantitative estimate of drug-likeness (QED) is 0.686. The van der Waals surface area contributed by atoms with Gasteiger partial charge in [-0.15, -0.1) is 0 Å². The van der Waals surface area contributed by atoms with Gasteiger partial charge in [0.25, 0.3) is 0 Å². The summed E-state index contributed by atoms with van der Waals surface area (Å²) in [4.78, 5) is 16.0. The van der Waals surface area contributed by atoms with Gasteiger partial charge >= 0.3 is 0 Å². The molecule has 0 aliphatic heterocycles. The molecule has 0 bridgehead atoms. The molecular weight excluding hydrogens is 297 g/mol. The lowest BCUT2D eigenvalue weighted by Gasteiger charge is -2.00. The molecule has 2 unspecified atom stereocenters. The van der Waals surface area contributed by atoms with Crippen LogP contribution in [0.15, 0.2) is 40.2 Å². The Morgan fingerprint density at radius 3 is 2.85 bits per heavy atom. The SMILES string of the molecule is CC1(C)C(C=C(Cl)Cl)C1C(=O)NN=Cc1cccnc1. The van der Waals surface area contributed by atoms with E-state index in [1.54, 1.807) is 30.8 Å². The number of nitrogens with zero attached hydrogens (tertiary/aromatic N) is 2. The van der Waals surface area contributed by atoms with E-state index < -0.39 is 0 Å². The fourth-order valence-corrected chi connectivity index (χ4v) is 2.59. The zero-order valence-electron chi connectivity index (χ0n) is 11.2. The number of rotatable bonds is 4. The molecule has 0 saturated heterocycles. The van der Waals surface area contributed by atoms with Crippen molar-refractivity contribution in [3.8, 4) is 0 Å². The molecule has 1 aliphatic rings. The molecule has 1 aliphatic carbocycles. The van der Waals surface area contributed by atoms with Crippen LogP contribution in [0.3, 0.4) is 0 Å². The zero-order chi connectivity index (χ0) is 14.8. The van der Waals surface area contributed by atoms with Crippen LogP contribution in [0, 0.1) is 17.3 Å². The summed E-state index contributed by atoms with van der Waals surface area (Å²) in [6.07, 6.45) is 6.60. The Labute approximate surface area is 127 Å². The van der Waals surface area contributed by atoms with Gasteiger partial charge < -0.3 is 0 Å². The van der Waals surface area contributed by atoms with E-state index in [2.05, 4.69) is 15.5 Å². The van der Waals surface area contributed by atoms with Crippen LogP contribution < -0.4 is 5.43 Å². The fraction of sp³-hybridized carbons (Fsp3) is 0.357. The second-order valence-corrected chi connectivity index (χ2v) is 6.31. The van der Waals surface area contributed by atoms with Crippen LogP contribution in [0.4, 0.5) is 0 Å². The number of hydrazone groups is 1. The molecule has 2 atom stereocenters. The maximum atomic E-state index is 12.0. The van der Waals surface area contributed by atoms with Gasteiger partial charge in [-0.2, -0.15) is 5.10 Å². The van der Waals surface area contributed by atoms with Gasteiger partial charge in [0.05, 0.1) is 12.1 Å². The van der Waals surface area contributed by atoms with Gasteiger partial charge in [-0.05, 0) is 23.5 Å². The molecule has 20 heavy (non-hydrogen) atoms. The van der Waals surface area contributed by atoms with E-state index in [9.17, 15) is 4.79 Å². The molecule has 2 rings (SSSR count). The second kappa shape index (κ2) is 5.94. The number of carbonyl (C=O) groups excluding carboxylic acids is 1. The molecule has 1 heterocycles. The lowest BCUT2D eigenvalue weighted by atomic mass is 10.1. The lowest BCUT2D eigenvalue weighted by molar-refractivity contribution is -0.123. The highest BCUT2D eigenvalue weighted by atomic mass is 35.5. The van der Waals surface area contributed by atoms with Crippen LogP contribution in [0.1, 0.15) is 19.4 Å². The van der Waals surface area contributed by atoms with Crippen molar-refractivity contribution in [2.24, 2.45) is 22.4 Å². The minimum Gasteiger partial charge on any atom is -0.273 e.